The highest BCUT2D eigenvalue weighted by Crippen LogP contribution is 2.25. The molecule has 1 amide bonds. The summed E-state index contributed by atoms with van der Waals surface area (Å²) in [5, 5.41) is 3.46. The molecule has 5 heterocycles. The maximum Gasteiger partial charge on any atom is 0.410 e. The molecule has 0 spiro atoms. The van der Waals surface area contributed by atoms with Crippen molar-refractivity contribution in [2.75, 3.05) is 44.6 Å². The average molecular weight is 595 g/mol. The second-order valence-corrected chi connectivity index (χ2v) is 11.0. The molecular formula is C29H32F2N8O4. The first-order valence-corrected chi connectivity index (χ1v) is 13.7. The molecule has 5 rings (SSSR count). The molecule has 1 saturated heterocycles. The van der Waals surface area contributed by atoms with Crippen molar-refractivity contribution in [3.05, 3.63) is 65.0 Å². The normalized spacial score (nSPS) is 14.1. The quantitative estimate of drug-likeness (QED) is 0.338. The van der Waals surface area contributed by atoms with Crippen molar-refractivity contribution in [3.63, 3.8) is 0 Å². The number of carbonyl (C=O) groups excluding carboxylic acids is 1. The number of fused-ring (bicyclic) bond motifs is 1. The molecule has 0 aliphatic carbocycles. The van der Waals surface area contributed by atoms with E-state index in [-0.39, 0.29) is 23.3 Å². The minimum Gasteiger partial charge on any atom is -0.476 e. The van der Waals surface area contributed by atoms with E-state index in [1.54, 1.807) is 23.2 Å². The Morgan fingerprint density at radius 1 is 1.02 bits per heavy atom. The van der Waals surface area contributed by atoms with Gasteiger partial charge in [0, 0.05) is 57.4 Å². The third kappa shape index (κ3) is 7.02. The van der Waals surface area contributed by atoms with Gasteiger partial charge in [-0.3, -0.25) is 19.2 Å². The van der Waals surface area contributed by atoms with Crippen molar-refractivity contribution >= 4 is 28.8 Å². The second kappa shape index (κ2) is 12.3. The first-order chi connectivity index (χ1) is 20.5. The largest absolute Gasteiger partial charge is 0.476 e. The Kier molecular flexibility index (Phi) is 8.48. The fraction of sp³-hybridized carbons (Fsp3) is 0.379. The van der Waals surface area contributed by atoms with Gasteiger partial charge in [0.2, 0.25) is 11.8 Å². The summed E-state index contributed by atoms with van der Waals surface area (Å²) in [6.45, 7) is 9.34. The lowest BCUT2D eigenvalue weighted by molar-refractivity contribution is 0.0136. The number of anilines is 2. The molecule has 1 N–H and O–H groups in total. The van der Waals surface area contributed by atoms with Crippen LogP contribution in [0.2, 0.25) is 0 Å². The SMILES string of the molecule is Cn1c(=O)c(-c2c(F)cncc2F)cc2cnc(Nc3ccc(OCCN4CCN(C(=O)OC(C)(C)C)CC4)nc3)nc21. The van der Waals surface area contributed by atoms with Gasteiger partial charge in [0.15, 0.2) is 11.6 Å². The Balaban J connectivity index is 1.16. The van der Waals surface area contributed by atoms with Crippen LogP contribution in [-0.2, 0) is 11.8 Å². The maximum absolute atomic E-state index is 14.3. The highest BCUT2D eigenvalue weighted by Gasteiger charge is 2.25. The van der Waals surface area contributed by atoms with E-state index < -0.39 is 28.4 Å². The summed E-state index contributed by atoms with van der Waals surface area (Å²) in [5.41, 5.74) is -0.865. The molecule has 4 aromatic heterocycles. The highest BCUT2D eigenvalue weighted by atomic mass is 19.1. The summed E-state index contributed by atoms with van der Waals surface area (Å²) in [6, 6.07) is 4.83. The summed E-state index contributed by atoms with van der Waals surface area (Å²) >= 11 is 0. The summed E-state index contributed by atoms with van der Waals surface area (Å²) in [7, 11) is 1.47. The topological polar surface area (TPSA) is 128 Å². The van der Waals surface area contributed by atoms with E-state index in [4.69, 9.17) is 9.47 Å². The van der Waals surface area contributed by atoms with Gasteiger partial charge in [0.05, 0.1) is 35.4 Å². The molecule has 12 nitrogen and oxygen atoms in total. The number of hydrogen-bond acceptors (Lipinski definition) is 10. The molecule has 0 atom stereocenters. The van der Waals surface area contributed by atoms with Crippen molar-refractivity contribution in [2.24, 2.45) is 7.05 Å². The Labute approximate surface area is 246 Å². The number of pyridine rings is 3. The average Bonchev–Trinajstić information content (AvgIpc) is 2.96. The minimum absolute atomic E-state index is 0.153. The number of piperazine rings is 1. The van der Waals surface area contributed by atoms with Gasteiger partial charge in [-0.2, -0.15) is 4.98 Å². The zero-order chi connectivity index (χ0) is 30.7. The van der Waals surface area contributed by atoms with Crippen molar-refractivity contribution < 1.29 is 23.0 Å². The molecule has 0 unspecified atom stereocenters. The standard InChI is InChI=1S/C29H32F2N8O4/c1-29(2,3)43-28(41)39-9-7-38(8-10-39)11-12-42-23-6-5-19(15-33-23)35-27-34-14-18-13-20(26(40)37(4)25(18)36-27)24-21(30)16-32-17-22(24)31/h5-6,13-17H,7-12H2,1-4H3,(H,34,35,36). The van der Waals surface area contributed by atoms with Gasteiger partial charge in [0.1, 0.15) is 17.9 Å². The molecule has 0 radical (unpaired) electrons. The first kappa shape index (κ1) is 29.8. The number of rotatable bonds is 7. The summed E-state index contributed by atoms with van der Waals surface area (Å²) in [6.07, 6.45) is 4.45. The molecule has 0 aromatic carbocycles. The number of amides is 1. The second-order valence-electron chi connectivity index (χ2n) is 11.0. The third-order valence-corrected chi connectivity index (χ3v) is 6.75. The van der Waals surface area contributed by atoms with Gasteiger partial charge in [-0.25, -0.2) is 23.5 Å². The monoisotopic (exact) mass is 594 g/mol. The predicted octanol–water partition coefficient (Wildman–Crippen LogP) is 3.74. The fourth-order valence-electron chi connectivity index (χ4n) is 4.58. The van der Waals surface area contributed by atoms with Gasteiger partial charge < -0.3 is 19.7 Å². The number of aryl methyl sites for hydroxylation is 1. The van der Waals surface area contributed by atoms with Gasteiger partial charge >= 0.3 is 6.09 Å². The lowest BCUT2D eigenvalue weighted by atomic mass is 10.1. The van der Waals surface area contributed by atoms with E-state index in [2.05, 4.69) is 30.2 Å². The van der Waals surface area contributed by atoms with Crippen molar-refractivity contribution in [3.8, 4) is 17.0 Å². The number of nitrogens with one attached hydrogen (secondary N) is 1. The number of aromatic nitrogens is 5. The summed E-state index contributed by atoms with van der Waals surface area (Å²) < 4.78 is 41.0. The van der Waals surface area contributed by atoms with Crippen LogP contribution < -0.4 is 15.6 Å². The molecule has 1 aliphatic heterocycles. The van der Waals surface area contributed by atoms with Crippen LogP contribution in [0.5, 0.6) is 5.88 Å². The zero-order valence-corrected chi connectivity index (χ0v) is 24.3. The Bertz CT molecular complexity index is 1660. The molecule has 0 bridgehead atoms. The van der Waals surface area contributed by atoms with Gasteiger partial charge in [0.25, 0.3) is 5.56 Å². The van der Waals surface area contributed by atoms with E-state index in [1.807, 2.05) is 20.8 Å². The molecular weight excluding hydrogens is 562 g/mol. The Hall–Kier alpha value is -4.72. The number of ether oxygens (including phenoxy) is 2. The number of carbonyl (C=O) groups is 1. The van der Waals surface area contributed by atoms with E-state index in [9.17, 15) is 18.4 Å². The van der Waals surface area contributed by atoms with Crippen molar-refractivity contribution in [2.45, 2.75) is 26.4 Å². The first-order valence-electron chi connectivity index (χ1n) is 13.7. The number of halogens is 2. The minimum atomic E-state index is -0.936. The third-order valence-electron chi connectivity index (χ3n) is 6.75. The van der Waals surface area contributed by atoms with E-state index in [1.165, 1.54) is 23.9 Å². The smallest absolute Gasteiger partial charge is 0.410 e. The summed E-state index contributed by atoms with van der Waals surface area (Å²) in [5.74, 6) is -1.22. The van der Waals surface area contributed by atoms with Crippen LogP contribution in [-0.4, -0.2) is 85.3 Å². The number of hydrogen-bond donors (Lipinski definition) is 1. The van der Waals surface area contributed by atoms with Crippen LogP contribution in [0.4, 0.5) is 25.2 Å². The zero-order valence-electron chi connectivity index (χ0n) is 24.3. The molecule has 43 heavy (non-hydrogen) atoms. The van der Waals surface area contributed by atoms with Gasteiger partial charge in [-0.05, 0) is 32.9 Å². The predicted molar refractivity (Wildman–Crippen MR) is 155 cm³/mol. The van der Waals surface area contributed by atoms with Gasteiger partial charge in [-0.15, -0.1) is 0 Å². The van der Waals surface area contributed by atoms with Crippen molar-refractivity contribution in [1.29, 1.82) is 0 Å². The fourth-order valence-corrected chi connectivity index (χ4v) is 4.58. The highest BCUT2D eigenvalue weighted by molar-refractivity contribution is 5.82. The lowest BCUT2D eigenvalue weighted by Crippen LogP contribution is -2.50. The van der Waals surface area contributed by atoms with Crippen LogP contribution in [0.1, 0.15) is 20.8 Å². The Morgan fingerprint density at radius 3 is 2.40 bits per heavy atom. The summed E-state index contributed by atoms with van der Waals surface area (Å²) in [4.78, 5) is 45.6. The van der Waals surface area contributed by atoms with Crippen LogP contribution in [0.15, 0.2) is 47.8 Å². The van der Waals surface area contributed by atoms with E-state index in [0.717, 1.165) is 25.5 Å². The van der Waals surface area contributed by atoms with Crippen molar-refractivity contribution in [1.82, 2.24) is 34.3 Å². The molecule has 226 valence electrons. The Morgan fingerprint density at radius 2 is 1.74 bits per heavy atom. The van der Waals surface area contributed by atoms with Crippen LogP contribution in [0.3, 0.4) is 0 Å². The van der Waals surface area contributed by atoms with Gasteiger partial charge in [-0.1, -0.05) is 0 Å². The molecule has 4 aromatic rings. The molecule has 14 heteroatoms. The number of nitrogens with zero attached hydrogens (tertiary/aromatic N) is 7. The molecule has 1 fully saturated rings. The van der Waals surface area contributed by atoms with E-state index >= 15 is 0 Å². The maximum atomic E-state index is 14.3. The van der Waals surface area contributed by atoms with Crippen LogP contribution in [0.25, 0.3) is 22.2 Å². The van der Waals surface area contributed by atoms with E-state index in [0.29, 0.717) is 43.2 Å². The molecule has 0 saturated carbocycles. The lowest BCUT2D eigenvalue weighted by Gasteiger charge is -2.35. The molecule has 1 aliphatic rings. The van der Waals surface area contributed by atoms with Crippen LogP contribution in [0, 0.1) is 11.6 Å². The van der Waals surface area contributed by atoms with Crippen LogP contribution >= 0.6 is 0 Å².